The maximum atomic E-state index is 13.3. The Bertz CT molecular complexity index is 612. The van der Waals surface area contributed by atoms with Gasteiger partial charge < -0.3 is 11.1 Å². The molecular formula is C14H12ClF3N2. The van der Waals surface area contributed by atoms with E-state index in [-0.39, 0.29) is 5.02 Å². The van der Waals surface area contributed by atoms with Crippen LogP contribution < -0.4 is 11.1 Å². The van der Waals surface area contributed by atoms with Crippen LogP contribution in [0.1, 0.15) is 5.56 Å². The molecule has 0 aliphatic rings. The summed E-state index contributed by atoms with van der Waals surface area (Å²) >= 11 is 5.58. The van der Waals surface area contributed by atoms with Gasteiger partial charge >= 0.3 is 0 Å². The van der Waals surface area contributed by atoms with Gasteiger partial charge in [0, 0.05) is 18.7 Å². The number of nitrogens with two attached hydrogens (primary N) is 1. The van der Waals surface area contributed by atoms with Gasteiger partial charge in [-0.15, -0.1) is 0 Å². The van der Waals surface area contributed by atoms with Gasteiger partial charge in [0.05, 0.1) is 16.4 Å². The summed E-state index contributed by atoms with van der Waals surface area (Å²) in [7, 11) is 0. The summed E-state index contributed by atoms with van der Waals surface area (Å²) in [6, 6.07) is 5.79. The summed E-state index contributed by atoms with van der Waals surface area (Å²) < 4.78 is 39.3. The minimum Gasteiger partial charge on any atom is -0.397 e. The van der Waals surface area contributed by atoms with Crippen molar-refractivity contribution in [3.63, 3.8) is 0 Å². The highest BCUT2D eigenvalue weighted by atomic mass is 35.5. The molecule has 0 saturated heterocycles. The molecule has 2 aromatic carbocycles. The number of benzene rings is 2. The molecule has 0 atom stereocenters. The van der Waals surface area contributed by atoms with E-state index in [2.05, 4.69) is 5.32 Å². The second-order valence-electron chi connectivity index (χ2n) is 4.31. The van der Waals surface area contributed by atoms with Gasteiger partial charge in [-0.2, -0.15) is 0 Å². The lowest BCUT2D eigenvalue weighted by Gasteiger charge is -2.10. The van der Waals surface area contributed by atoms with Gasteiger partial charge in [-0.25, -0.2) is 13.2 Å². The van der Waals surface area contributed by atoms with E-state index in [1.54, 1.807) is 0 Å². The molecule has 2 aromatic rings. The van der Waals surface area contributed by atoms with Crippen LogP contribution in [-0.4, -0.2) is 6.54 Å². The Balaban J connectivity index is 2.01. The van der Waals surface area contributed by atoms with Crippen LogP contribution in [0, 0.1) is 17.5 Å². The van der Waals surface area contributed by atoms with Crippen LogP contribution in [-0.2, 0) is 6.42 Å². The monoisotopic (exact) mass is 300 g/mol. The molecule has 0 spiro atoms. The molecule has 106 valence electrons. The van der Waals surface area contributed by atoms with Crippen molar-refractivity contribution in [1.29, 1.82) is 0 Å². The second kappa shape index (κ2) is 6.05. The van der Waals surface area contributed by atoms with Crippen LogP contribution in [0.3, 0.4) is 0 Å². The number of anilines is 2. The quantitative estimate of drug-likeness (QED) is 0.838. The van der Waals surface area contributed by atoms with Crippen molar-refractivity contribution in [1.82, 2.24) is 0 Å². The first-order chi connectivity index (χ1) is 9.45. The van der Waals surface area contributed by atoms with Crippen molar-refractivity contribution in [2.45, 2.75) is 6.42 Å². The molecule has 0 aromatic heterocycles. The summed E-state index contributed by atoms with van der Waals surface area (Å²) in [5, 5.41) is 2.84. The van der Waals surface area contributed by atoms with Crippen LogP contribution in [0.4, 0.5) is 24.5 Å². The van der Waals surface area contributed by atoms with E-state index >= 15 is 0 Å². The van der Waals surface area contributed by atoms with Crippen LogP contribution in [0.15, 0.2) is 30.3 Å². The zero-order valence-electron chi connectivity index (χ0n) is 10.4. The summed E-state index contributed by atoms with van der Waals surface area (Å²) in [6.07, 6.45) is 0.373. The fourth-order valence-corrected chi connectivity index (χ4v) is 1.98. The average molecular weight is 301 g/mol. The van der Waals surface area contributed by atoms with Gasteiger partial charge in [-0.05, 0) is 30.2 Å². The van der Waals surface area contributed by atoms with Gasteiger partial charge in [-0.1, -0.05) is 11.6 Å². The maximum absolute atomic E-state index is 13.3. The van der Waals surface area contributed by atoms with Crippen molar-refractivity contribution in [2.24, 2.45) is 0 Å². The molecule has 0 radical (unpaired) electrons. The minimum absolute atomic E-state index is 0.0553. The van der Waals surface area contributed by atoms with Gasteiger partial charge in [0.1, 0.15) is 17.5 Å². The van der Waals surface area contributed by atoms with E-state index in [1.165, 1.54) is 24.3 Å². The predicted octanol–water partition coefficient (Wildman–Crippen LogP) is 3.99. The van der Waals surface area contributed by atoms with Crippen LogP contribution >= 0.6 is 11.6 Å². The Kier molecular flexibility index (Phi) is 4.39. The molecule has 0 bridgehead atoms. The lowest BCUT2D eigenvalue weighted by molar-refractivity contribution is 0.580. The largest absolute Gasteiger partial charge is 0.397 e. The molecule has 0 aliphatic carbocycles. The van der Waals surface area contributed by atoms with Gasteiger partial charge in [0.15, 0.2) is 0 Å². The number of hydrogen-bond acceptors (Lipinski definition) is 2. The standard InChI is InChI=1S/C14H12ClF3N2/c15-11-6-13(19)14(7-12(11)18)20-2-1-8-3-9(16)5-10(17)4-8/h3-7,20H,1-2,19H2. The summed E-state index contributed by atoms with van der Waals surface area (Å²) in [4.78, 5) is 0. The molecular weight excluding hydrogens is 289 g/mol. The third-order valence-electron chi connectivity index (χ3n) is 2.74. The lowest BCUT2D eigenvalue weighted by atomic mass is 10.1. The smallest absolute Gasteiger partial charge is 0.143 e. The molecule has 0 amide bonds. The summed E-state index contributed by atoms with van der Waals surface area (Å²) in [5.74, 6) is -1.84. The molecule has 0 unspecified atom stereocenters. The fourth-order valence-electron chi connectivity index (χ4n) is 1.81. The molecule has 20 heavy (non-hydrogen) atoms. The fraction of sp³-hybridized carbons (Fsp3) is 0.143. The van der Waals surface area contributed by atoms with E-state index in [1.807, 2.05) is 0 Å². The van der Waals surface area contributed by atoms with Crippen molar-refractivity contribution in [2.75, 3.05) is 17.6 Å². The lowest BCUT2D eigenvalue weighted by Crippen LogP contribution is -2.07. The van der Waals surface area contributed by atoms with Crippen LogP contribution in [0.2, 0.25) is 5.02 Å². The van der Waals surface area contributed by atoms with Crippen LogP contribution in [0.25, 0.3) is 0 Å². The molecule has 0 heterocycles. The van der Waals surface area contributed by atoms with Crippen molar-refractivity contribution in [3.8, 4) is 0 Å². The second-order valence-corrected chi connectivity index (χ2v) is 4.72. The van der Waals surface area contributed by atoms with Gasteiger partial charge in [-0.3, -0.25) is 0 Å². The molecule has 2 nitrogen and oxygen atoms in total. The molecule has 0 aliphatic heterocycles. The zero-order chi connectivity index (χ0) is 14.7. The Morgan fingerprint density at radius 2 is 1.65 bits per heavy atom. The molecule has 3 N–H and O–H groups in total. The Hall–Kier alpha value is -1.88. The first kappa shape index (κ1) is 14.5. The first-order valence-corrected chi connectivity index (χ1v) is 6.27. The summed E-state index contributed by atoms with van der Waals surface area (Å²) in [6.45, 7) is 0.355. The van der Waals surface area contributed by atoms with E-state index in [0.29, 0.717) is 29.9 Å². The predicted molar refractivity (Wildman–Crippen MR) is 74.4 cm³/mol. The third-order valence-corrected chi connectivity index (χ3v) is 3.03. The van der Waals surface area contributed by atoms with Crippen molar-refractivity contribution < 1.29 is 13.2 Å². The van der Waals surface area contributed by atoms with E-state index < -0.39 is 17.5 Å². The average Bonchev–Trinajstić information content (AvgIpc) is 2.34. The number of nitrogens with one attached hydrogen (secondary N) is 1. The number of halogens is 4. The van der Waals surface area contributed by atoms with Gasteiger partial charge in [0.25, 0.3) is 0 Å². The van der Waals surface area contributed by atoms with E-state index in [9.17, 15) is 13.2 Å². The van der Waals surface area contributed by atoms with Gasteiger partial charge in [0.2, 0.25) is 0 Å². The normalized spacial score (nSPS) is 10.6. The molecule has 6 heteroatoms. The van der Waals surface area contributed by atoms with Crippen LogP contribution in [0.5, 0.6) is 0 Å². The molecule has 0 saturated carbocycles. The van der Waals surface area contributed by atoms with Crippen molar-refractivity contribution in [3.05, 3.63) is 58.4 Å². The summed E-state index contributed by atoms with van der Waals surface area (Å²) in [5.41, 5.74) is 6.89. The number of nitrogen functional groups attached to an aromatic ring is 1. The topological polar surface area (TPSA) is 38.0 Å². The highest BCUT2D eigenvalue weighted by Crippen LogP contribution is 2.26. The Morgan fingerprint density at radius 1 is 1.00 bits per heavy atom. The third kappa shape index (κ3) is 3.57. The van der Waals surface area contributed by atoms with Crippen molar-refractivity contribution >= 4 is 23.0 Å². The zero-order valence-corrected chi connectivity index (χ0v) is 11.1. The molecule has 0 fully saturated rings. The van der Waals surface area contributed by atoms with E-state index in [4.69, 9.17) is 17.3 Å². The highest BCUT2D eigenvalue weighted by Gasteiger charge is 2.06. The maximum Gasteiger partial charge on any atom is 0.143 e. The van der Waals surface area contributed by atoms with E-state index in [0.717, 1.165) is 6.07 Å². The molecule has 2 rings (SSSR count). The minimum atomic E-state index is -0.628. The Morgan fingerprint density at radius 3 is 2.30 bits per heavy atom. The number of rotatable bonds is 4. The SMILES string of the molecule is Nc1cc(Cl)c(F)cc1NCCc1cc(F)cc(F)c1. The highest BCUT2D eigenvalue weighted by molar-refractivity contribution is 6.31. The number of hydrogen-bond donors (Lipinski definition) is 2. The Labute approximate surface area is 119 Å². The first-order valence-electron chi connectivity index (χ1n) is 5.89.